The molecule has 2 rings (SSSR count). The van der Waals surface area contributed by atoms with Crippen LogP contribution in [0.1, 0.15) is 5.56 Å². The third-order valence-corrected chi connectivity index (χ3v) is 2.17. The molecule has 2 heterocycles. The summed E-state index contributed by atoms with van der Waals surface area (Å²) in [6.45, 7) is 0. The first-order chi connectivity index (χ1) is 6.40. The highest BCUT2D eigenvalue weighted by molar-refractivity contribution is 7.07. The van der Waals surface area contributed by atoms with E-state index in [4.69, 9.17) is 5.26 Å². The van der Waals surface area contributed by atoms with E-state index in [0.29, 0.717) is 5.56 Å². The standard InChI is InChI=1S/C9H5N3S/c10-3-7-1-2-8(11-4-7)9-5-13-6-12-9/h1-2,4-6H. The molecule has 0 aromatic carbocycles. The lowest BCUT2D eigenvalue weighted by atomic mass is 10.2. The van der Waals surface area contributed by atoms with E-state index in [1.165, 1.54) is 11.3 Å². The van der Waals surface area contributed by atoms with Gasteiger partial charge in [0.15, 0.2) is 0 Å². The van der Waals surface area contributed by atoms with E-state index in [1.807, 2.05) is 11.4 Å². The van der Waals surface area contributed by atoms with Crippen LogP contribution in [0.5, 0.6) is 0 Å². The van der Waals surface area contributed by atoms with Gasteiger partial charge in [0, 0.05) is 11.6 Å². The quantitative estimate of drug-likeness (QED) is 0.686. The molecule has 0 aliphatic carbocycles. The zero-order valence-corrected chi connectivity index (χ0v) is 7.45. The van der Waals surface area contributed by atoms with Gasteiger partial charge in [-0.05, 0) is 12.1 Å². The van der Waals surface area contributed by atoms with Crippen LogP contribution in [0.4, 0.5) is 0 Å². The molecule has 0 aliphatic heterocycles. The minimum Gasteiger partial charge on any atom is -0.253 e. The second-order valence-electron chi connectivity index (χ2n) is 2.42. The summed E-state index contributed by atoms with van der Waals surface area (Å²) in [5.74, 6) is 0. The summed E-state index contributed by atoms with van der Waals surface area (Å²) in [4.78, 5) is 8.23. The Kier molecular flexibility index (Phi) is 2.02. The number of nitriles is 1. The highest BCUT2D eigenvalue weighted by Crippen LogP contribution is 2.15. The molecule has 0 saturated carbocycles. The highest BCUT2D eigenvalue weighted by Gasteiger charge is 2.00. The normalized spacial score (nSPS) is 9.46. The van der Waals surface area contributed by atoms with Crippen LogP contribution in [0.15, 0.2) is 29.2 Å². The maximum absolute atomic E-state index is 8.56. The number of thiazole rings is 1. The molecular formula is C9H5N3S. The summed E-state index contributed by atoms with van der Waals surface area (Å²) in [5.41, 5.74) is 3.99. The lowest BCUT2D eigenvalue weighted by Gasteiger charge is -1.93. The van der Waals surface area contributed by atoms with Crippen LogP contribution < -0.4 is 0 Å². The minimum atomic E-state index is 0.568. The van der Waals surface area contributed by atoms with Gasteiger partial charge in [-0.2, -0.15) is 5.26 Å². The van der Waals surface area contributed by atoms with E-state index in [-0.39, 0.29) is 0 Å². The average Bonchev–Trinajstić information content (AvgIpc) is 2.71. The molecule has 0 spiro atoms. The monoisotopic (exact) mass is 187 g/mol. The summed E-state index contributed by atoms with van der Waals surface area (Å²) in [7, 11) is 0. The molecular weight excluding hydrogens is 182 g/mol. The number of hydrogen-bond acceptors (Lipinski definition) is 4. The number of hydrogen-bond donors (Lipinski definition) is 0. The average molecular weight is 187 g/mol. The first kappa shape index (κ1) is 7.90. The predicted molar refractivity (Wildman–Crippen MR) is 50.1 cm³/mol. The van der Waals surface area contributed by atoms with Gasteiger partial charge in [0.05, 0.1) is 22.5 Å². The van der Waals surface area contributed by atoms with Crippen LogP contribution in [0.25, 0.3) is 11.4 Å². The third-order valence-electron chi connectivity index (χ3n) is 1.59. The number of pyridine rings is 1. The van der Waals surface area contributed by atoms with E-state index in [0.717, 1.165) is 11.4 Å². The predicted octanol–water partition coefficient (Wildman–Crippen LogP) is 2.08. The van der Waals surface area contributed by atoms with Crippen molar-refractivity contribution in [2.75, 3.05) is 0 Å². The van der Waals surface area contributed by atoms with Crippen LogP contribution in [0, 0.1) is 11.3 Å². The molecule has 2 aromatic rings. The largest absolute Gasteiger partial charge is 0.253 e. The van der Waals surface area contributed by atoms with Gasteiger partial charge in [-0.15, -0.1) is 11.3 Å². The molecule has 0 bridgehead atoms. The van der Waals surface area contributed by atoms with Crippen LogP contribution in [-0.4, -0.2) is 9.97 Å². The van der Waals surface area contributed by atoms with Crippen molar-refractivity contribution >= 4 is 11.3 Å². The van der Waals surface area contributed by atoms with E-state index < -0.39 is 0 Å². The Morgan fingerprint density at radius 2 is 2.15 bits per heavy atom. The molecule has 0 amide bonds. The third kappa shape index (κ3) is 1.55. The molecule has 3 nitrogen and oxygen atoms in total. The molecule has 2 aromatic heterocycles. The van der Waals surface area contributed by atoms with Crippen LogP contribution in [-0.2, 0) is 0 Å². The molecule has 0 unspecified atom stereocenters. The maximum Gasteiger partial charge on any atom is 0.101 e. The molecule has 62 valence electrons. The van der Waals surface area contributed by atoms with Gasteiger partial charge in [-0.1, -0.05) is 0 Å². The van der Waals surface area contributed by atoms with E-state index in [9.17, 15) is 0 Å². The molecule has 0 radical (unpaired) electrons. The van der Waals surface area contributed by atoms with Crippen molar-refractivity contribution < 1.29 is 0 Å². The lowest BCUT2D eigenvalue weighted by Crippen LogP contribution is -1.83. The van der Waals surface area contributed by atoms with Gasteiger partial charge in [-0.3, -0.25) is 4.98 Å². The van der Waals surface area contributed by atoms with Crippen LogP contribution >= 0.6 is 11.3 Å². The Bertz CT molecular complexity index is 425. The van der Waals surface area contributed by atoms with E-state index in [2.05, 4.69) is 9.97 Å². The second-order valence-corrected chi connectivity index (χ2v) is 3.14. The van der Waals surface area contributed by atoms with Crippen molar-refractivity contribution in [1.82, 2.24) is 9.97 Å². The highest BCUT2D eigenvalue weighted by atomic mass is 32.1. The van der Waals surface area contributed by atoms with Crippen molar-refractivity contribution in [3.8, 4) is 17.5 Å². The van der Waals surface area contributed by atoms with E-state index in [1.54, 1.807) is 23.8 Å². The summed E-state index contributed by atoms with van der Waals surface area (Å²) in [5, 5.41) is 10.5. The zero-order valence-electron chi connectivity index (χ0n) is 6.64. The number of aromatic nitrogens is 2. The van der Waals surface area contributed by atoms with Gasteiger partial charge in [0.1, 0.15) is 6.07 Å². The first-order valence-corrected chi connectivity index (χ1v) is 4.59. The molecule has 4 heteroatoms. The Balaban J connectivity index is 2.40. The Morgan fingerprint density at radius 1 is 1.23 bits per heavy atom. The van der Waals surface area contributed by atoms with Crippen molar-refractivity contribution in [2.24, 2.45) is 0 Å². The minimum absolute atomic E-state index is 0.568. The molecule has 0 N–H and O–H groups in total. The summed E-state index contributed by atoms with van der Waals surface area (Å²) in [6.07, 6.45) is 1.55. The Morgan fingerprint density at radius 3 is 2.69 bits per heavy atom. The summed E-state index contributed by atoms with van der Waals surface area (Å²) >= 11 is 1.53. The van der Waals surface area contributed by atoms with Crippen LogP contribution in [0.2, 0.25) is 0 Å². The number of rotatable bonds is 1. The van der Waals surface area contributed by atoms with Gasteiger partial charge in [0.25, 0.3) is 0 Å². The fourth-order valence-electron chi connectivity index (χ4n) is 0.951. The topological polar surface area (TPSA) is 49.6 Å². The molecule has 0 fully saturated rings. The van der Waals surface area contributed by atoms with Crippen molar-refractivity contribution in [1.29, 1.82) is 5.26 Å². The lowest BCUT2D eigenvalue weighted by molar-refractivity contribution is 1.26. The molecule has 0 saturated heterocycles. The summed E-state index contributed by atoms with van der Waals surface area (Å²) < 4.78 is 0. The van der Waals surface area contributed by atoms with Gasteiger partial charge in [0.2, 0.25) is 0 Å². The van der Waals surface area contributed by atoms with Crippen molar-refractivity contribution in [2.45, 2.75) is 0 Å². The Hall–Kier alpha value is -1.73. The fourth-order valence-corrected chi connectivity index (χ4v) is 1.50. The zero-order chi connectivity index (χ0) is 9.10. The number of nitrogens with zero attached hydrogens (tertiary/aromatic N) is 3. The molecule has 0 atom stereocenters. The van der Waals surface area contributed by atoms with Gasteiger partial charge < -0.3 is 0 Å². The summed E-state index contributed by atoms with van der Waals surface area (Å²) in [6, 6.07) is 5.56. The smallest absolute Gasteiger partial charge is 0.101 e. The molecule has 0 aliphatic rings. The van der Waals surface area contributed by atoms with E-state index >= 15 is 0 Å². The maximum atomic E-state index is 8.56. The van der Waals surface area contributed by atoms with Crippen LogP contribution in [0.3, 0.4) is 0 Å². The first-order valence-electron chi connectivity index (χ1n) is 3.65. The van der Waals surface area contributed by atoms with Gasteiger partial charge in [-0.25, -0.2) is 4.98 Å². The Labute approximate surface area is 79.3 Å². The van der Waals surface area contributed by atoms with Crippen molar-refractivity contribution in [3.63, 3.8) is 0 Å². The SMILES string of the molecule is N#Cc1ccc(-c2cscn2)nc1. The van der Waals surface area contributed by atoms with Crippen molar-refractivity contribution in [3.05, 3.63) is 34.8 Å². The fraction of sp³-hybridized carbons (Fsp3) is 0. The van der Waals surface area contributed by atoms with Gasteiger partial charge >= 0.3 is 0 Å². The molecule has 13 heavy (non-hydrogen) atoms. The second kappa shape index (κ2) is 3.33.